The van der Waals surface area contributed by atoms with E-state index in [0.717, 1.165) is 43.9 Å². The number of esters is 1. The van der Waals surface area contributed by atoms with Crippen LogP contribution < -0.4 is 5.73 Å². The Balaban J connectivity index is 1.58. The topological polar surface area (TPSA) is 67.9 Å². The van der Waals surface area contributed by atoms with Gasteiger partial charge in [0, 0.05) is 37.6 Å². The van der Waals surface area contributed by atoms with Crippen LogP contribution in [0.25, 0.3) is 0 Å². The Kier molecular flexibility index (Phi) is 6.50. The molecule has 2 fully saturated rings. The van der Waals surface area contributed by atoms with E-state index in [1.54, 1.807) is 0 Å². The largest absolute Gasteiger partial charge is 0.462 e. The molecule has 1 heterocycles. The first-order valence-corrected chi connectivity index (χ1v) is 8.73. The highest BCUT2D eigenvalue weighted by molar-refractivity contribution is 7.99. The Labute approximate surface area is 125 Å². The second kappa shape index (κ2) is 8.39. The summed E-state index contributed by atoms with van der Waals surface area (Å²) in [6.07, 6.45) is 5.77. The van der Waals surface area contributed by atoms with Crippen LogP contribution in [0.15, 0.2) is 4.99 Å². The van der Waals surface area contributed by atoms with E-state index in [-0.39, 0.29) is 12.1 Å². The molecule has 2 N–H and O–H groups in total. The standard InChI is InChI=1S/C14H25N3O2S/c15-14(17-8-10-20-11-9-17)16-7-3-6-13(18)19-12-4-1-2-5-12/h12H,1-11H2,(H2,15,16). The Morgan fingerprint density at radius 1 is 1.30 bits per heavy atom. The van der Waals surface area contributed by atoms with E-state index in [9.17, 15) is 4.79 Å². The van der Waals surface area contributed by atoms with Crippen molar-refractivity contribution < 1.29 is 9.53 Å². The summed E-state index contributed by atoms with van der Waals surface area (Å²) in [5.41, 5.74) is 5.95. The number of carbonyl (C=O) groups is 1. The number of aliphatic imine (C=N–C) groups is 1. The van der Waals surface area contributed by atoms with Gasteiger partial charge in [0.05, 0.1) is 0 Å². The van der Waals surface area contributed by atoms with Gasteiger partial charge in [-0.1, -0.05) is 0 Å². The van der Waals surface area contributed by atoms with E-state index in [2.05, 4.69) is 9.89 Å². The number of guanidine groups is 1. The number of hydrogen-bond donors (Lipinski definition) is 1. The molecule has 6 heteroatoms. The van der Waals surface area contributed by atoms with Gasteiger partial charge in [-0.25, -0.2) is 0 Å². The zero-order valence-corrected chi connectivity index (χ0v) is 12.9. The van der Waals surface area contributed by atoms with E-state index in [4.69, 9.17) is 10.5 Å². The second-order valence-corrected chi connectivity index (χ2v) is 6.56. The number of hydrogen-bond acceptors (Lipinski definition) is 4. The minimum absolute atomic E-state index is 0.0833. The summed E-state index contributed by atoms with van der Waals surface area (Å²) in [6, 6.07) is 0. The molecule has 0 aromatic heterocycles. The van der Waals surface area contributed by atoms with Gasteiger partial charge in [-0.2, -0.15) is 11.8 Å². The number of nitrogens with zero attached hydrogens (tertiary/aromatic N) is 2. The molecule has 0 amide bonds. The minimum Gasteiger partial charge on any atom is -0.462 e. The average molecular weight is 299 g/mol. The molecule has 0 atom stereocenters. The highest BCUT2D eigenvalue weighted by Crippen LogP contribution is 2.21. The highest BCUT2D eigenvalue weighted by Gasteiger charge is 2.18. The van der Waals surface area contributed by atoms with Gasteiger partial charge >= 0.3 is 5.97 Å². The third-order valence-corrected chi connectivity index (χ3v) is 4.69. The number of ether oxygens (including phenoxy) is 1. The molecule has 1 saturated carbocycles. The van der Waals surface area contributed by atoms with Crippen molar-refractivity contribution in [3.63, 3.8) is 0 Å². The molecule has 2 rings (SSSR count). The first-order chi connectivity index (χ1) is 9.75. The van der Waals surface area contributed by atoms with Gasteiger partial charge in [-0.05, 0) is 32.1 Å². The molecule has 0 spiro atoms. The monoisotopic (exact) mass is 299 g/mol. The van der Waals surface area contributed by atoms with E-state index in [1.807, 2.05) is 11.8 Å². The maximum absolute atomic E-state index is 11.6. The fourth-order valence-electron chi connectivity index (χ4n) is 2.56. The number of carbonyl (C=O) groups excluding carboxylic acids is 1. The maximum Gasteiger partial charge on any atom is 0.306 e. The van der Waals surface area contributed by atoms with Gasteiger partial charge in [0.2, 0.25) is 0 Å². The summed E-state index contributed by atoms with van der Waals surface area (Å²) in [6.45, 7) is 2.56. The predicted octanol–water partition coefficient (Wildman–Crippen LogP) is 1.62. The lowest BCUT2D eigenvalue weighted by Crippen LogP contribution is -2.42. The minimum atomic E-state index is -0.0833. The third kappa shape index (κ3) is 5.23. The normalized spacial score (nSPS) is 21.2. The van der Waals surface area contributed by atoms with Crippen LogP contribution in [0.2, 0.25) is 0 Å². The summed E-state index contributed by atoms with van der Waals surface area (Å²) in [5.74, 6) is 2.77. The van der Waals surface area contributed by atoms with Gasteiger partial charge < -0.3 is 15.4 Å². The van der Waals surface area contributed by atoms with E-state index in [1.165, 1.54) is 12.8 Å². The van der Waals surface area contributed by atoms with E-state index >= 15 is 0 Å². The number of thioether (sulfide) groups is 1. The molecule has 1 saturated heterocycles. The molecule has 0 bridgehead atoms. The molecule has 0 aromatic rings. The summed E-state index contributed by atoms with van der Waals surface area (Å²) in [5, 5.41) is 0. The molecule has 1 aliphatic carbocycles. The Bertz CT molecular complexity index is 337. The van der Waals surface area contributed by atoms with E-state index in [0.29, 0.717) is 18.9 Å². The smallest absolute Gasteiger partial charge is 0.306 e. The summed E-state index contributed by atoms with van der Waals surface area (Å²) in [7, 11) is 0. The first-order valence-electron chi connectivity index (χ1n) is 7.58. The van der Waals surface area contributed by atoms with Crippen LogP contribution in [-0.2, 0) is 9.53 Å². The fourth-order valence-corrected chi connectivity index (χ4v) is 3.46. The van der Waals surface area contributed by atoms with Crippen molar-refractivity contribution in [2.75, 3.05) is 31.1 Å². The lowest BCUT2D eigenvalue weighted by Gasteiger charge is -2.27. The number of nitrogens with two attached hydrogens (primary N) is 1. The van der Waals surface area contributed by atoms with Gasteiger partial charge in [-0.3, -0.25) is 9.79 Å². The molecular weight excluding hydrogens is 274 g/mol. The molecule has 5 nitrogen and oxygen atoms in total. The molecule has 0 unspecified atom stereocenters. The van der Waals surface area contributed by atoms with Crippen molar-refractivity contribution in [1.29, 1.82) is 0 Å². The Hall–Kier alpha value is -0.910. The lowest BCUT2D eigenvalue weighted by molar-refractivity contribution is -0.148. The Morgan fingerprint density at radius 2 is 2.00 bits per heavy atom. The van der Waals surface area contributed by atoms with Crippen molar-refractivity contribution in [2.24, 2.45) is 10.7 Å². The highest BCUT2D eigenvalue weighted by atomic mass is 32.2. The van der Waals surface area contributed by atoms with E-state index < -0.39 is 0 Å². The molecule has 1 aliphatic heterocycles. The molecular formula is C14H25N3O2S. The third-order valence-electron chi connectivity index (χ3n) is 3.75. The van der Waals surface area contributed by atoms with Crippen LogP contribution in [0, 0.1) is 0 Å². The van der Waals surface area contributed by atoms with Crippen LogP contribution in [0.4, 0.5) is 0 Å². The van der Waals surface area contributed by atoms with Crippen molar-refractivity contribution >= 4 is 23.7 Å². The van der Waals surface area contributed by atoms with Crippen molar-refractivity contribution in [1.82, 2.24) is 4.90 Å². The maximum atomic E-state index is 11.6. The van der Waals surface area contributed by atoms with Crippen LogP contribution in [0.1, 0.15) is 38.5 Å². The summed E-state index contributed by atoms with van der Waals surface area (Å²) in [4.78, 5) is 18.1. The van der Waals surface area contributed by atoms with Crippen LogP contribution >= 0.6 is 11.8 Å². The van der Waals surface area contributed by atoms with Crippen molar-refractivity contribution in [3.05, 3.63) is 0 Å². The quantitative estimate of drug-likeness (QED) is 0.361. The fraction of sp³-hybridized carbons (Fsp3) is 0.857. The lowest BCUT2D eigenvalue weighted by atomic mass is 10.3. The van der Waals surface area contributed by atoms with Gasteiger partial charge in [0.25, 0.3) is 0 Å². The van der Waals surface area contributed by atoms with Crippen molar-refractivity contribution in [3.8, 4) is 0 Å². The molecule has 0 radical (unpaired) electrons. The second-order valence-electron chi connectivity index (χ2n) is 5.34. The molecule has 114 valence electrons. The zero-order valence-electron chi connectivity index (χ0n) is 12.1. The average Bonchev–Trinajstić information content (AvgIpc) is 2.97. The first kappa shape index (κ1) is 15.5. The van der Waals surface area contributed by atoms with Gasteiger partial charge in [0.1, 0.15) is 6.10 Å². The summed E-state index contributed by atoms with van der Waals surface area (Å²) >= 11 is 1.95. The zero-order chi connectivity index (χ0) is 14.2. The van der Waals surface area contributed by atoms with Crippen LogP contribution in [-0.4, -0.2) is 54.1 Å². The van der Waals surface area contributed by atoms with Crippen molar-refractivity contribution in [2.45, 2.75) is 44.6 Å². The molecule has 0 aromatic carbocycles. The van der Waals surface area contributed by atoms with Crippen LogP contribution in [0.3, 0.4) is 0 Å². The predicted molar refractivity (Wildman–Crippen MR) is 83.0 cm³/mol. The van der Waals surface area contributed by atoms with Crippen LogP contribution in [0.5, 0.6) is 0 Å². The Morgan fingerprint density at radius 3 is 2.70 bits per heavy atom. The van der Waals surface area contributed by atoms with Gasteiger partial charge in [-0.15, -0.1) is 0 Å². The SMILES string of the molecule is NC(=NCCCC(=O)OC1CCCC1)N1CCSCC1. The number of rotatable bonds is 5. The molecule has 2 aliphatic rings. The molecule has 20 heavy (non-hydrogen) atoms. The summed E-state index contributed by atoms with van der Waals surface area (Å²) < 4.78 is 5.40. The van der Waals surface area contributed by atoms with Gasteiger partial charge in [0.15, 0.2) is 5.96 Å².